The van der Waals surface area contributed by atoms with Crippen molar-refractivity contribution in [2.45, 2.75) is 0 Å². The molecule has 0 saturated carbocycles. The highest BCUT2D eigenvalue weighted by Gasteiger charge is 2.19. The molecule has 1 heterocycles. The molecule has 1 aliphatic heterocycles. The van der Waals surface area contributed by atoms with Gasteiger partial charge in [0.2, 0.25) is 0 Å². The van der Waals surface area contributed by atoms with Crippen molar-refractivity contribution < 1.29 is 4.79 Å². The van der Waals surface area contributed by atoms with Gasteiger partial charge < -0.3 is 5.32 Å². The van der Waals surface area contributed by atoms with E-state index >= 15 is 0 Å². The van der Waals surface area contributed by atoms with Crippen LogP contribution < -0.4 is 5.32 Å². The van der Waals surface area contributed by atoms with E-state index in [1.807, 2.05) is 18.2 Å². The van der Waals surface area contributed by atoms with Gasteiger partial charge in [0.1, 0.15) is 0 Å². The lowest BCUT2D eigenvalue weighted by atomic mass is 10.2. The van der Waals surface area contributed by atoms with Crippen molar-refractivity contribution >= 4 is 5.91 Å². The lowest BCUT2D eigenvalue weighted by molar-refractivity contribution is -0.115. The third-order valence-corrected chi connectivity index (χ3v) is 1.45. The summed E-state index contributed by atoms with van der Waals surface area (Å²) in [6, 6.07) is 0. The van der Waals surface area contributed by atoms with Crippen LogP contribution in [-0.4, -0.2) is 5.91 Å². The second-order valence-corrected chi connectivity index (χ2v) is 2.01. The van der Waals surface area contributed by atoms with Crippen LogP contribution in [0.1, 0.15) is 0 Å². The fourth-order valence-electron chi connectivity index (χ4n) is 0.988. The van der Waals surface area contributed by atoms with E-state index in [1.54, 1.807) is 6.20 Å². The van der Waals surface area contributed by atoms with Crippen LogP contribution in [-0.2, 0) is 4.79 Å². The molecule has 0 fully saturated rings. The Morgan fingerprint density at radius 2 is 2.33 bits per heavy atom. The number of amides is 1. The topological polar surface area (TPSA) is 29.1 Å². The average Bonchev–Trinajstić information content (AvgIpc) is 2.35. The number of rotatable bonds is 0. The maximum absolute atomic E-state index is 10.8. The molecule has 2 nitrogen and oxygen atoms in total. The lowest BCUT2D eigenvalue weighted by Crippen LogP contribution is -2.11. The third kappa shape index (κ3) is 0.470. The summed E-state index contributed by atoms with van der Waals surface area (Å²) < 4.78 is 0. The van der Waals surface area contributed by atoms with Gasteiger partial charge >= 0.3 is 0 Å². The van der Waals surface area contributed by atoms with Crippen molar-refractivity contribution in [3.05, 3.63) is 35.6 Å². The normalized spacial score (nSPS) is 21.1. The molecule has 0 atom stereocenters. The maximum Gasteiger partial charge on any atom is 0.255 e. The Labute approximate surface area is 52.6 Å². The minimum absolute atomic E-state index is 0.00926. The van der Waals surface area contributed by atoms with Gasteiger partial charge in [0.25, 0.3) is 5.91 Å². The highest BCUT2D eigenvalue weighted by molar-refractivity contribution is 6.03. The van der Waals surface area contributed by atoms with Crippen molar-refractivity contribution in [2.75, 3.05) is 0 Å². The number of carbonyl (C=O) groups excluding carboxylic acids is 1. The minimum atomic E-state index is 0.00926. The molecule has 9 heavy (non-hydrogen) atoms. The molecule has 1 amide bonds. The highest BCUT2D eigenvalue weighted by atomic mass is 16.1. The standard InChI is InChI=1S/C7H5NO/c9-7-6-3-1-2-5(6)4-8-7/h1-4H,(H,8,9). The van der Waals surface area contributed by atoms with Crippen LogP contribution >= 0.6 is 0 Å². The molecule has 0 bridgehead atoms. The van der Waals surface area contributed by atoms with Gasteiger partial charge in [-0.2, -0.15) is 0 Å². The van der Waals surface area contributed by atoms with Gasteiger partial charge in [-0.25, -0.2) is 0 Å². The van der Waals surface area contributed by atoms with Gasteiger partial charge in [-0.05, 0) is 6.08 Å². The molecular weight excluding hydrogens is 114 g/mol. The molecule has 44 valence electrons. The van der Waals surface area contributed by atoms with Crippen molar-refractivity contribution in [3.63, 3.8) is 0 Å². The second-order valence-electron chi connectivity index (χ2n) is 2.01. The van der Waals surface area contributed by atoms with Crippen molar-refractivity contribution in [3.8, 4) is 0 Å². The van der Waals surface area contributed by atoms with Crippen LogP contribution in [0.5, 0.6) is 0 Å². The van der Waals surface area contributed by atoms with E-state index in [-0.39, 0.29) is 5.91 Å². The van der Waals surface area contributed by atoms with Gasteiger partial charge in [-0.1, -0.05) is 12.2 Å². The average molecular weight is 119 g/mol. The molecule has 1 aliphatic carbocycles. The fraction of sp³-hybridized carbons (Fsp3) is 0. The van der Waals surface area contributed by atoms with Crippen LogP contribution in [0.2, 0.25) is 0 Å². The predicted molar refractivity (Wildman–Crippen MR) is 33.4 cm³/mol. The quantitative estimate of drug-likeness (QED) is 0.494. The number of hydrogen-bond acceptors (Lipinski definition) is 1. The third-order valence-electron chi connectivity index (χ3n) is 1.45. The predicted octanol–water partition coefficient (Wildman–Crippen LogP) is 0.496. The molecule has 2 rings (SSSR count). The first-order valence-corrected chi connectivity index (χ1v) is 2.78. The first kappa shape index (κ1) is 4.56. The summed E-state index contributed by atoms with van der Waals surface area (Å²) >= 11 is 0. The molecule has 0 spiro atoms. The van der Waals surface area contributed by atoms with Crippen LogP contribution in [0, 0.1) is 0 Å². The van der Waals surface area contributed by atoms with Crippen molar-refractivity contribution in [1.29, 1.82) is 0 Å². The Kier molecular flexibility index (Phi) is 0.681. The number of fused-ring (bicyclic) bond motifs is 1. The van der Waals surface area contributed by atoms with E-state index in [1.165, 1.54) is 0 Å². The minimum Gasteiger partial charge on any atom is -0.328 e. The van der Waals surface area contributed by atoms with E-state index in [9.17, 15) is 4.79 Å². The summed E-state index contributed by atoms with van der Waals surface area (Å²) in [6.07, 6.45) is 7.32. The van der Waals surface area contributed by atoms with E-state index < -0.39 is 0 Å². The highest BCUT2D eigenvalue weighted by Crippen LogP contribution is 2.21. The summed E-state index contributed by atoms with van der Waals surface area (Å²) in [4.78, 5) is 10.8. The van der Waals surface area contributed by atoms with E-state index in [2.05, 4.69) is 5.32 Å². The second kappa shape index (κ2) is 1.35. The van der Waals surface area contributed by atoms with Crippen LogP contribution in [0.25, 0.3) is 0 Å². The number of nitrogens with one attached hydrogen (secondary N) is 1. The molecule has 2 aliphatic rings. The molecule has 0 saturated heterocycles. The van der Waals surface area contributed by atoms with E-state index in [0.717, 1.165) is 11.1 Å². The summed E-state index contributed by atoms with van der Waals surface area (Å²) in [7, 11) is 0. The number of carbonyl (C=O) groups is 1. The molecule has 0 radical (unpaired) electrons. The maximum atomic E-state index is 10.8. The molecule has 0 unspecified atom stereocenters. The Bertz CT molecular complexity index is 258. The fourth-order valence-corrected chi connectivity index (χ4v) is 0.988. The van der Waals surface area contributed by atoms with Crippen molar-refractivity contribution in [1.82, 2.24) is 5.32 Å². The van der Waals surface area contributed by atoms with Crippen molar-refractivity contribution in [2.24, 2.45) is 0 Å². The Morgan fingerprint density at radius 3 is 3.11 bits per heavy atom. The molecule has 0 aromatic heterocycles. The number of allylic oxidation sites excluding steroid dienone is 3. The molecule has 2 heteroatoms. The zero-order valence-corrected chi connectivity index (χ0v) is 4.72. The number of hydrogen-bond donors (Lipinski definition) is 1. The first-order chi connectivity index (χ1) is 4.38. The SMILES string of the molecule is O=C1NC=C2C=CC=C12. The largest absolute Gasteiger partial charge is 0.328 e. The van der Waals surface area contributed by atoms with Gasteiger partial charge in [0, 0.05) is 17.3 Å². The van der Waals surface area contributed by atoms with Gasteiger partial charge in [-0.15, -0.1) is 0 Å². The Hall–Kier alpha value is -1.31. The van der Waals surface area contributed by atoms with E-state index in [4.69, 9.17) is 0 Å². The van der Waals surface area contributed by atoms with Crippen LogP contribution in [0.15, 0.2) is 35.6 Å². The first-order valence-electron chi connectivity index (χ1n) is 2.78. The molecular formula is C7H5NO. The summed E-state index contributed by atoms with van der Waals surface area (Å²) in [5, 5.41) is 2.60. The molecule has 0 aromatic carbocycles. The molecule has 0 aromatic rings. The smallest absolute Gasteiger partial charge is 0.255 e. The Balaban J connectivity index is 2.53. The van der Waals surface area contributed by atoms with Crippen LogP contribution in [0.3, 0.4) is 0 Å². The van der Waals surface area contributed by atoms with E-state index in [0.29, 0.717) is 0 Å². The van der Waals surface area contributed by atoms with Gasteiger partial charge in [0.15, 0.2) is 0 Å². The molecule has 1 N–H and O–H groups in total. The van der Waals surface area contributed by atoms with Gasteiger partial charge in [0.05, 0.1) is 0 Å². The summed E-state index contributed by atoms with van der Waals surface area (Å²) in [5.41, 5.74) is 1.79. The monoisotopic (exact) mass is 119 g/mol. The van der Waals surface area contributed by atoms with Gasteiger partial charge in [-0.3, -0.25) is 4.79 Å². The van der Waals surface area contributed by atoms with Crippen LogP contribution in [0.4, 0.5) is 0 Å². The lowest BCUT2D eigenvalue weighted by Gasteiger charge is -1.86. The zero-order valence-electron chi connectivity index (χ0n) is 4.72. The zero-order chi connectivity index (χ0) is 6.27. The summed E-state index contributed by atoms with van der Waals surface area (Å²) in [5.74, 6) is 0.00926. The Morgan fingerprint density at radius 1 is 1.44 bits per heavy atom. The summed E-state index contributed by atoms with van der Waals surface area (Å²) in [6.45, 7) is 0.